The maximum Gasteiger partial charge on any atom is 0.129 e. The number of benzene rings is 1. The summed E-state index contributed by atoms with van der Waals surface area (Å²) in [6.07, 6.45) is 2.75. The van der Waals surface area contributed by atoms with Crippen molar-refractivity contribution in [2.45, 2.75) is 32.7 Å². The number of carbonyl (C=O) groups excluding carboxylic acids is 1. The normalized spacial score (nSPS) is 10.7. The number of ether oxygens (including phenoxy) is 1. The van der Waals surface area contributed by atoms with Crippen LogP contribution in [0.4, 0.5) is 0 Å². The van der Waals surface area contributed by atoms with E-state index in [2.05, 4.69) is 24.1 Å². The molecule has 0 unspecified atom stereocenters. The summed E-state index contributed by atoms with van der Waals surface area (Å²) in [5.41, 5.74) is 1.25. The van der Waals surface area contributed by atoms with Crippen LogP contribution in [0.1, 0.15) is 31.7 Å². The average molecular weight is 249 g/mol. The van der Waals surface area contributed by atoms with Crippen molar-refractivity contribution < 1.29 is 9.53 Å². The molecule has 0 aromatic heterocycles. The van der Waals surface area contributed by atoms with E-state index in [4.69, 9.17) is 4.74 Å². The molecule has 0 aliphatic rings. The summed E-state index contributed by atoms with van der Waals surface area (Å²) >= 11 is 0. The second-order valence-electron chi connectivity index (χ2n) is 4.75. The van der Waals surface area contributed by atoms with Gasteiger partial charge >= 0.3 is 0 Å². The Morgan fingerprint density at radius 2 is 2.11 bits per heavy atom. The molecule has 0 aliphatic heterocycles. The molecular weight excluding hydrogens is 226 g/mol. The highest BCUT2D eigenvalue weighted by Gasteiger charge is 2.02. The highest BCUT2D eigenvalue weighted by atomic mass is 16.5. The summed E-state index contributed by atoms with van der Waals surface area (Å²) in [6, 6.07) is 8.13. The predicted octanol–water partition coefficient (Wildman–Crippen LogP) is 2.89. The van der Waals surface area contributed by atoms with E-state index >= 15 is 0 Å². The first-order chi connectivity index (χ1) is 8.61. The molecule has 18 heavy (non-hydrogen) atoms. The lowest BCUT2D eigenvalue weighted by atomic mass is 10.1. The Hall–Kier alpha value is -1.35. The lowest BCUT2D eigenvalue weighted by molar-refractivity contribution is -0.117. The maximum absolute atomic E-state index is 10.8. The molecule has 1 rings (SSSR count). The van der Waals surface area contributed by atoms with Gasteiger partial charge in [0.25, 0.3) is 0 Å². The first-order valence-electron chi connectivity index (χ1n) is 6.42. The summed E-state index contributed by atoms with van der Waals surface area (Å²) in [6.45, 7) is 3.59. The number of ketones is 1. The quantitative estimate of drug-likeness (QED) is 0.663. The third-order valence-corrected chi connectivity index (χ3v) is 2.91. The zero-order valence-electron chi connectivity index (χ0n) is 11.6. The maximum atomic E-state index is 10.8. The molecule has 0 atom stereocenters. The molecule has 0 N–H and O–H groups in total. The van der Waals surface area contributed by atoms with Gasteiger partial charge in [0.15, 0.2) is 0 Å². The van der Waals surface area contributed by atoms with Crippen LogP contribution < -0.4 is 4.74 Å². The third-order valence-electron chi connectivity index (χ3n) is 2.91. The molecule has 1 aromatic carbocycles. The van der Waals surface area contributed by atoms with Crippen molar-refractivity contribution in [3.63, 3.8) is 0 Å². The van der Waals surface area contributed by atoms with Crippen LogP contribution in [-0.4, -0.2) is 31.4 Å². The Balaban J connectivity index is 2.30. The van der Waals surface area contributed by atoms with Gasteiger partial charge in [-0.05, 0) is 51.1 Å². The summed E-state index contributed by atoms with van der Waals surface area (Å²) in [5, 5.41) is 0. The van der Waals surface area contributed by atoms with Gasteiger partial charge in [0, 0.05) is 13.0 Å². The molecule has 0 bridgehead atoms. The number of hydrogen-bond donors (Lipinski definition) is 0. The van der Waals surface area contributed by atoms with Crippen molar-refractivity contribution >= 4 is 5.78 Å². The van der Waals surface area contributed by atoms with Crippen LogP contribution in [0, 0.1) is 0 Å². The van der Waals surface area contributed by atoms with Crippen LogP contribution in [0.2, 0.25) is 0 Å². The molecule has 0 saturated carbocycles. The standard InChI is InChI=1S/C15H23NO2/c1-13(17)7-4-5-10-16(2)12-14-8-6-9-15(11-14)18-3/h6,8-9,11H,4-5,7,10,12H2,1-3H3. The largest absolute Gasteiger partial charge is 0.497 e. The van der Waals surface area contributed by atoms with E-state index in [9.17, 15) is 4.79 Å². The van der Waals surface area contributed by atoms with E-state index < -0.39 is 0 Å². The predicted molar refractivity (Wildman–Crippen MR) is 73.9 cm³/mol. The number of nitrogens with zero attached hydrogens (tertiary/aromatic N) is 1. The number of methoxy groups -OCH3 is 1. The molecule has 0 spiro atoms. The fraction of sp³-hybridized carbons (Fsp3) is 0.533. The molecule has 0 radical (unpaired) electrons. The lowest BCUT2D eigenvalue weighted by Gasteiger charge is -2.16. The van der Waals surface area contributed by atoms with Gasteiger partial charge in [-0.2, -0.15) is 0 Å². The summed E-state index contributed by atoms with van der Waals surface area (Å²) in [5.74, 6) is 1.18. The topological polar surface area (TPSA) is 29.5 Å². The van der Waals surface area contributed by atoms with E-state index in [1.165, 1.54) is 5.56 Å². The average Bonchev–Trinajstić information content (AvgIpc) is 2.34. The third kappa shape index (κ3) is 5.82. The monoisotopic (exact) mass is 249 g/mol. The number of unbranched alkanes of at least 4 members (excludes halogenated alkanes) is 1. The Morgan fingerprint density at radius 1 is 1.33 bits per heavy atom. The first kappa shape index (κ1) is 14.7. The molecule has 0 amide bonds. The van der Waals surface area contributed by atoms with Crippen LogP contribution in [0.25, 0.3) is 0 Å². The van der Waals surface area contributed by atoms with E-state index in [0.717, 1.165) is 31.7 Å². The highest BCUT2D eigenvalue weighted by Crippen LogP contribution is 2.14. The SMILES string of the molecule is COc1cccc(CN(C)CCCCC(C)=O)c1. The Morgan fingerprint density at radius 3 is 2.78 bits per heavy atom. The van der Waals surface area contributed by atoms with Gasteiger partial charge < -0.3 is 14.4 Å². The van der Waals surface area contributed by atoms with Crippen LogP contribution in [0.3, 0.4) is 0 Å². The molecule has 100 valence electrons. The van der Waals surface area contributed by atoms with Gasteiger partial charge in [-0.15, -0.1) is 0 Å². The lowest BCUT2D eigenvalue weighted by Crippen LogP contribution is -2.19. The number of rotatable bonds is 8. The number of Topliss-reactive ketones (excluding diaryl/α,β-unsaturated/α-hetero) is 1. The van der Waals surface area contributed by atoms with Crippen LogP contribution in [-0.2, 0) is 11.3 Å². The van der Waals surface area contributed by atoms with Gasteiger partial charge in [-0.25, -0.2) is 0 Å². The van der Waals surface area contributed by atoms with E-state index in [1.54, 1.807) is 14.0 Å². The van der Waals surface area contributed by atoms with Gasteiger partial charge in [-0.1, -0.05) is 12.1 Å². The smallest absolute Gasteiger partial charge is 0.129 e. The molecule has 3 heteroatoms. The summed E-state index contributed by atoms with van der Waals surface area (Å²) < 4.78 is 5.21. The molecule has 1 aromatic rings. The van der Waals surface area contributed by atoms with Crippen LogP contribution in [0.5, 0.6) is 5.75 Å². The van der Waals surface area contributed by atoms with Crippen LogP contribution >= 0.6 is 0 Å². The van der Waals surface area contributed by atoms with Crippen molar-refractivity contribution in [1.29, 1.82) is 0 Å². The minimum absolute atomic E-state index is 0.283. The van der Waals surface area contributed by atoms with Crippen molar-refractivity contribution in [1.82, 2.24) is 4.90 Å². The fourth-order valence-electron chi connectivity index (χ4n) is 1.92. The summed E-state index contributed by atoms with van der Waals surface area (Å²) in [4.78, 5) is 13.1. The molecule has 0 saturated heterocycles. The minimum Gasteiger partial charge on any atom is -0.497 e. The summed E-state index contributed by atoms with van der Waals surface area (Å²) in [7, 11) is 3.79. The van der Waals surface area contributed by atoms with Gasteiger partial charge in [0.2, 0.25) is 0 Å². The highest BCUT2D eigenvalue weighted by molar-refractivity contribution is 5.75. The first-order valence-corrected chi connectivity index (χ1v) is 6.42. The minimum atomic E-state index is 0.283. The molecule has 3 nitrogen and oxygen atoms in total. The van der Waals surface area contributed by atoms with Gasteiger partial charge in [0.1, 0.15) is 11.5 Å². The van der Waals surface area contributed by atoms with Crippen molar-refractivity contribution in [2.24, 2.45) is 0 Å². The molecular formula is C15H23NO2. The second-order valence-corrected chi connectivity index (χ2v) is 4.75. The second kappa shape index (κ2) is 7.88. The van der Waals surface area contributed by atoms with Crippen LogP contribution in [0.15, 0.2) is 24.3 Å². The molecule has 0 fully saturated rings. The van der Waals surface area contributed by atoms with Gasteiger partial charge in [0.05, 0.1) is 7.11 Å². The van der Waals surface area contributed by atoms with E-state index in [0.29, 0.717) is 6.42 Å². The molecule has 0 aliphatic carbocycles. The Bertz CT molecular complexity index is 377. The van der Waals surface area contributed by atoms with Crippen molar-refractivity contribution in [3.05, 3.63) is 29.8 Å². The Kier molecular flexibility index (Phi) is 6.44. The van der Waals surface area contributed by atoms with Crippen molar-refractivity contribution in [3.8, 4) is 5.75 Å². The van der Waals surface area contributed by atoms with Crippen molar-refractivity contribution in [2.75, 3.05) is 20.7 Å². The fourth-order valence-corrected chi connectivity index (χ4v) is 1.92. The van der Waals surface area contributed by atoms with Gasteiger partial charge in [-0.3, -0.25) is 0 Å². The number of hydrogen-bond acceptors (Lipinski definition) is 3. The zero-order valence-corrected chi connectivity index (χ0v) is 11.6. The van der Waals surface area contributed by atoms with E-state index in [-0.39, 0.29) is 5.78 Å². The zero-order chi connectivity index (χ0) is 13.4. The Labute approximate surface area is 110 Å². The number of carbonyl (C=O) groups is 1. The van der Waals surface area contributed by atoms with E-state index in [1.807, 2.05) is 12.1 Å². The molecule has 0 heterocycles.